The summed E-state index contributed by atoms with van der Waals surface area (Å²) in [5, 5.41) is 31.4. The van der Waals surface area contributed by atoms with E-state index in [0.717, 1.165) is 28.8 Å². The predicted octanol–water partition coefficient (Wildman–Crippen LogP) is 3.83. The van der Waals surface area contributed by atoms with Crippen molar-refractivity contribution in [3.8, 4) is 11.5 Å². The molecule has 0 aromatic heterocycles. The van der Waals surface area contributed by atoms with Crippen LogP contribution in [-0.4, -0.2) is 41.5 Å². The van der Waals surface area contributed by atoms with E-state index in [-0.39, 0.29) is 22.4 Å². The molecule has 174 valence electrons. The lowest BCUT2D eigenvalue weighted by atomic mass is 9.96. The molecule has 0 spiro atoms. The minimum Gasteiger partial charge on any atom is -0.504 e. The first kappa shape index (κ1) is 23.0. The minimum atomic E-state index is -3.89. The number of phenols is 2. The maximum atomic E-state index is 13.2. The van der Waals surface area contributed by atoms with E-state index in [4.69, 9.17) is 0 Å². The summed E-state index contributed by atoms with van der Waals surface area (Å²) in [5.41, 5.74) is 2.91. The van der Waals surface area contributed by atoms with Gasteiger partial charge in [-0.15, -0.1) is 0 Å². The zero-order chi connectivity index (χ0) is 23.6. The molecule has 0 saturated heterocycles. The standard InChI is InChI=1S/C24H25FN2O5S/c25-19-6-9-21(10-7-19)33(31,32)26-22-4-2-1-3-16(22)5-8-20-13-18-15-24(29)23(28)14-17(18)11-12-27(20)30/h1-4,6-7,9-10,14-15,20,26,28-30H,5,8,11-13H2. The highest BCUT2D eigenvalue weighted by molar-refractivity contribution is 7.92. The van der Waals surface area contributed by atoms with Crippen molar-refractivity contribution in [3.63, 3.8) is 0 Å². The van der Waals surface area contributed by atoms with Gasteiger partial charge in [-0.2, -0.15) is 5.06 Å². The summed E-state index contributed by atoms with van der Waals surface area (Å²) in [6.45, 7) is 0.376. The Balaban J connectivity index is 1.51. The van der Waals surface area contributed by atoms with Crippen molar-refractivity contribution in [3.05, 3.63) is 83.2 Å². The summed E-state index contributed by atoms with van der Waals surface area (Å²) in [6.07, 6.45) is 2.03. The monoisotopic (exact) mass is 472 g/mol. The van der Waals surface area contributed by atoms with Gasteiger partial charge in [-0.3, -0.25) is 4.72 Å². The third-order valence-corrected chi connectivity index (χ3v) is 7.30. The van der Waals surface area contributed by atoms with Crippen molar-refractivity contribution in [2.75, 3.05) is 11.3 Å². The van der Waals surface area contributed by atoms with E-state index in [1.807, 2.05) is 12.1 Å². The highest BCUT2D eigenvalue weighted by Crippen LogP contribution is 2.32. The third kappa shape index (κ3) is 5.27. The molecule has 9 heteroatoms. The number of para-hydroxylation sites is 1. The lowest BCUT2D eigenvalue weighted by Gasteiger charge is -2.24. The fourth-order valence-electron chi connectivity index (χ4n) is 4.09. The van der Waals surface area contributed by atoms with E-state index in [9.17, 15) is 28.2 Å². The van der Waals surface area contributed by atoms with Crippen molar-refractivity contribution in [2.45, 2.75) is 36.6 Å². The molecule has 4 N–H and O–H groups in total. The van der Waals surface area contributed by atoms with Crippen molar-refractivity contribution in [2.24, 2.45) is 0 Å². The SMILES string of the molecule is O=S(=O)(Nc1ccccc1CCC1Cc2cc(O)c(O)cc2CCN1O)c1ccc(F)cc1. The van der Waals surface area contributed by atoms with Gasteiger partial charge in [0, 0.05) is 12.6 Å². The number of hydroxylamine groups is 2. The molecule has 1 unspecified atom stereocenters. The number of benzene rings is 3. The van der Waals surface area contributed by atoms with Crippen LogP contribution < -0.4 is 4.72 Å². The predicted molar refractivity (Wildman–Crippen MR) is 121 cm³/mol. The number of aromatic hydroxyl groups is 2. The summed E-state index contributed by atoms with van der Waals surface area (Å²) in [4.78, 5) is -0.0383. The van der Waals surface area contributed by atoms with Crippen LogP contribution >= 0.6 is 0 Å². The van der Waals surface area contributed by atoms with Crippen molar-refractivity contribution in [1.29, 1.82) is 0 Å². The zero-order valence-corrected chi connectivity index (χ0v) is 18.6. The Morgan fingerprint density at radius 1 is 1.00 bits per heavy atom. The van der Waals surface area contributed by atoms with Crippen LogP contribution in [0.25, 0.3) is 0 Å². The van der Waals surface area contributed by atoms with Crippen LogP contribution in [-0.2, 0) is 29.3 Å². The number of sulfonamides is 1. The second-order valence-corrected chi connectivity index (χ2v) is 9.82. The molecule has 0 fully saturated rings. The van der Waals surface area contributed by atoms with Gasteiger partial charge in [-0.05, 0) is 84.8 Å². The molecule has 33 heavy (non-hydrogen) atoms. The van der Waals surface area contributed by atoms with Crippen LogP contribution in [0.1, 0.15) is 23.1 Å². The molecule has 7 nitrogen and oxygen atoms in total. The molecule has 1 aliphatic heterocycles. The van der Waals surface area contributed by atoms with Crippen molar-refractivity contribution in [1.82, 2.24) is 5.06 Å². The van der Waals surface area contributed by atoms with Gasteiger partial charge in [-0.25, -0.2) is 12.8 Å². The van der Waals surface area contributed by atoms with Gasteiger partial charge in [0.15, 0.2) is 11.5 Å². The van der Waals surface area contributed by atoms with Crippen LogP contribution in [0.15, 0.2) is 65.6 Å². The Labute approximate surface area is 191 Å². The molecule has 0 amide bonds. The second kappa shape index (κ2) is 9.38. The topological polar surface area (TPSA) is 110 Å². The van der Waals surface area contributed by atoms with Gasteiger partial charge in [-0.1, -0.05) is 18.2 Å². The first-order valence-electron chi connectivity index (χ1n) is 10.6. The average Bonchev–Trinajstić information content (AvgIpc) is 2.92. The lowest BCUT2D eigenvalue weighted by molar-refractivity contribution is -0.125. The van der Waals surface area contributed by atoms with Gasteiger partial charge in [0.25, 0.3) is 10.0 Å². The number of anilines is 1. The molecular formula is C24H25FN2O5S. The first-order chi connectivity index (χ1) is 15.7. The van der Waals surface area contributed by atoms with E-state index in [1.165, 1.54) is 29.3 Å². The lowest BCUT2D eigenvalue weighted by Crippen LogP contribution is -2.34. The molecule has 0 saturated carbocycles. The van der Waals surface area contributed by atoms with Crippen LogP contribution in [0.5, 0.6) is 11.5 Å². The maximum Gasteiger partial charge on any atom is 0.261 e. The average molecular weight is 473 g/mol. The van der Waals surface area contributed by atoms with Gasteiger partial charge < -0.3 is 15.4 Å². The summed E-state index contributed by atoms with van der Waals surface area (Å²) in [7, 11) is -3.89. The number of phenolic OH excluding ortho intramolecular Hbond substituents is 2. The maximum absolute atomic E-state index is 13.2. The molecule has 1 aliphatic rings. The fourth-order valence-corrected chi connectivity index (χ4v) is 5.19. The number of hydrogen-bond donors (Lipinski definition) is 4. The molecule has 4 rings (SSSR count). The van der Waals surface area contributed by atoms with Crippen LogP contribution in [0.4, 0.5) is 10.1 Å². The van der Waals surface area contributed by atoms with Crippen LogP contribution in [0.2, 0.25) is 0 Å². The smallest absolute Gasteiger partial charge is 0.261 e. The number of hydrogen-bond acceptors (Lipinski definition) is 6. The summed E-state index contributed by atoms with van der Waals surface area (Å²) in [5.74, 6) is -0.894. The Kier molecular flexibility index (Phi) is 6.55. The highest BCUT2D eigenvalue weighted by Gasteiger charge is 2.24. The number of nitrogens with zero attached hydrogens (tertiary/aromatic N) is 1. The summed E-state index contributed by atoms with van der Waals surface area (Å²) in [6, 6.07) is 14.4. The number of halogens is 1. The van der Waals surface area contributed by atoms with Crippen LogP contribution in [0, 0.1) is 5.82 Å². The molecule has 0 radical (unpaired) electrons. The first-order valence-corrected chi connectivity index (χ1v) is 12.1. The van der Waals surface area contributed by atoms with E-state index in [1.54, 1.807) is 12.1 Å². The molecule has 3 aromatic carbocycles. The van der Waals surface area contributed by atoms with Gasteiger partial charge in [0.1, 0.15) is 5.82 Å². The molecular weight excluding hydrogens is 447 g/mol. The number of aryl methyl sites for hydroxylation is 1. The summed E-state index contributed by atoms with van der Waals surface area (Å²) >= 11 is 0. The normalized spacial score (nSPS) is 16.7. The Bertz CT molecular complexity index is 1250. The molecule has 3 aromatic rings. The fraction of sp³-hybridized carbons (Fsp3) is 0.250. The Morgan fingerprint density at radius 3 is 2.39 bits per heavy atom. The number of rotatable bonds is 6. The summed E-state index contributed by atoms with van der Waals surface area (Å²) < 4.78 is 41.2. The van der Waals surface area contributed by atoms with Gasteiger partial charge >= 0.3 is 0 Å². The number of nitrogens with one attached hydrogen (secondary N) is 1. The largest absolute Gasteiger partial charge is 0.504 e. The second-order valence-electron chi connectivity index (χ2n) is 8.14. The van der Waals surface area contributed by atoms with E-state index < -0.39 is 15.8 Å². The molecule has 0 bridgehead atoms. The minimum absolute atomic E-state index is 0.0383. The Hall–Kier alpha value is -3.14. The Morgan fingerprint density at radius 2 is 1.67 bits per heavy atom. The molecule has 0 aliphatic carbocycles. The zero-order valence-electron chi connectivity index (χ0n) is 17.8. The number of fused-ring (bicyclic) bond motifs is 1. The van der Waals surface area contributed by atoms with Crippen molar-refractivity contribution < 1.29 is 28.2 Å². The van der Waals surface area contributed by atoms with Crippen LogP contribution in [0.3, 0.4) is 0 Å². The highest BCUT2D eigenvalue weighted by atomic mass is 32.2. The van der Waals surface area contributed by atoms with Gasteiger partial charge in [0.2, 0.25) is 0 Å². The quantitative estimate of drug-likeness (QED) is 0.406. The third-order valence-electron chi connectivity index (χ3n) is 5.92. The van der Waals surface area contributed by atoms with Gasteiger partial charge in [0.05, 0.1) is 10.6 Å². The molecule has 1 heterocycles. The van der Waals surface area contributed by atoms with E-state index in [2.05, 4.69) is 4.72 Å². The van der Waals surface area contributed by atoms with E-state index in [0.29, 0.717) is 37.9 Å². The van der Waals surface area contributed by atoms with Crippen molar-refractivity contribution >= 4 is 15.7 Å². The molecule has 1 atom stereocenters. The van der Waals surface area contributed by atoms with E-state index >= 15 is 0 Å².